The summed E-state index contributed by atoms with van der Waals surface area (Å²) in [4.78, 5) is 2.12. The molecule has 1 fully saturated rings. The van der Waals surface area contributed by atoms with Crippen molar-refractivity contribution in [1.82, 2.24) is 0 Å². The fourth-order valence-corrected chi connectivity index (χ4v) is 5.21. The highest BCUT2D eigenvalue weighted by Crippen LogP contribution is 2.40. The molecule has 0 bridgehead atoms. The number of benzene rings is 2. The van der Waals surface area contributed by atoms with Gasteiger partial charge in [0.25, 0.3) is 0 Å². The topological polar surface area (TPSA) is 99.4 Å². The lowest BCUT2D eigenvalue weighted by molar-refractivity contribution is -0.366. The van der Waals surface area contributed by atoms with Gasteiger partial charge in [0.1, 0.15) is 30.2 Å². The van der Waals surface area contributed by atoms with Crippen molar-refractivity contribution in [3.8, 4) is 10.4 Å². The third kappa shape index (κ3) is 4.48. The highest BCUT2D eigenvalue weighted by atomic mass is 32.1. The van der Waals surface area contributed by atoms with Crippen LogP contribution in [0.15, 0.2) is 54.6 Å². The normalized spacial score (nSPS) is 27.6. The van der Waals surface area contributed by atoms with Crippen LogP contribution in [-0.4, -0.2) is 58.6 Å². The lowest BCUT2D eigenvalue weighted by Gasteiger charge is -2.47. The lowest BCUT2D eigenvalue weighted by atomic mass is 9.86. The number of aliphatic hydroxyl groups is 4. The van der Waals surface area contributed by atoms with Crippen LogP contribution in [0.1, 0.15) is 21.6 Å². The van der Waals surface area contributed by atoms with E-state index in [0.29, 0.717) is 12.0 Å². The number of ether oxygens (including phenoxy) is 2. The van der Waals surface area contributed by atoms with Gasteiger partial charge in [-0.05, 0) is 53.9 Å². The number of methoxy groups -OCH3 is 1. The second-order valence-electron chi connectivity index (χ2n) is 8.23. The van der Waals surface area contributed by atoms with E-state index in [9.17, 15) is 24.8 Å². The third-order valence-corrected chi connectivity index (χ3v) is 7.29. The van der Waals surface area contributed by atoms with Gasteiger partial charge < -0.3 is 29.9 Å². The molecule has 0 saturated carbocycles. The number of aryl methyl sites for hydroxylation is 1. The Hall–Kier alpha value is -2.17. The van der Waals surface area contributed by atoms with Crippen molar-refractivity contribution < 1.29 is 34.3 Å². The average molecular weight is 475 g/mol. The van der Waals surface area contributed by atoms with Gasteiger partial charge >= 0.3 is 0 Å². The van der Waals surface area contributed by atoms with Crippen molar-refractivity contribution in [2.45, 2.75) is 43.5 Å². The molecule has 0 radical (unpaired) electrons. The molecule has 1 aliphatic rings. The predicted octanol–water partition coefficient (Wildman–Crippen LogP) is 2.73. The Kier molecular flexibility index (Phi) is 6.97. The van der Waals surface area contributed by atoms with Crippen LogP contribution in [-0.2, 0) is 21.7 Å². The number of hydrogen-bond acceptors (Lipinski definition) is 7. The van der Waals surface area contributed by atoms with Gasteiger partial charge in [0.05, 0.1) is 6.61 Å². The molecule has 0 aliphatic carbocycles. The summed E-state index contributed by atoms with van der Waals surface area (Å²) in [6.07, 6.45) is -5.09. The molecule has 8 heteroatoms. The van der Waals surface area contributed by atoms with Crippen LogP contribution in [0.5, 0.6) is 0 Å². The number of halogens is 1. The highest BCUT2D eigenvalue weighted by molar-refractivity contribution is 7.15. The molecule has 1 aromatic heterocycles. The second kappa shape index (κ2) is 9.60. The minimum atomic E-state index is -1.75. The maximum absolute atomic E-state index is 13.2. The third-order valence-electron chi connectivity index (χ3n) is 6.16. The molecule has 1 saturated heterocycles. The maximum Gasteiger partial charge on any atom is 0.224 e. The molecule has 3 unspecified atom stereocenters. The number of hydrogen-bond donors (Lipinski definition) is 4. The molecule has 176 valence electrons. The summed E-state index contributed by atoms with van der Waals surface area (Å²) >= 11 is 1.61. The zero-order valence-corrected chi connectivity index (χ0v) is 19.1. The molecule has 4 N–H and O–H groups in total. The zero-order chi connectivity index (χ0) is 23.8. The molecular formula is C25H27FO6S. The van der Waals surface area contributed by atoms with E-state index < -0.39 is 36.8 Å². The van der Waals surface area contributed by atoms with Gasteiger partial charge in [0.2, 0.25) is 5.79 Å². The first-order chi connectivity index (χ1) is 15.8. The molecule has 5 atom stereocenters. The standard InChI is InChI=1S/C25H27FO6S/c1-14-3-6-17(25(31-2)24(30)23(29)22(28)20(13-27)32-25)11-16(14)12-19-9-10-21(33-19)15-4-7-18(26)8-5-15/h3-11,20,22-24,27-30H,12-13H2,1-2H3/t20-,22-,23?,24?,25?/m1/s1. The summed E-state index contributed by atoms with van der Waals surface area (Å²) in [6, 6.07) is 15.9. The number of rotatable bonds is 6. The Morgan fingerprint density at radius 3 is 2.42 bits per heavy atom. The zero-order valence-electron chi connectivity index (χ0n) is 18.3. The smallest absolute Gasteiger partial charge is 0.224 e. The summed E-state index contributed by atoms with van der Waals surface area (Å²) in [5, 5.41) is 40.8. The molecule has 1 aliphatic heterocycles. The lowest BCUT2D eigenvalue weighted by Crippen LogP contribution is -2.64. The fraction of sp³-hybridized carbons (Fsp3) is 0.360. The van der Waals surface area contributed by atoms with Gasteiger partial charge in [0.15, 0.2) is 0 Å². The summed E-state index contributed by atoms with van der Waals surface area (Å²) < 4.78 is 24.6. The molecule has 0 spiro atoms. The van der Waals surface area contributed by atoms with Crippen LogP contribution in [0, 0.1) is 12.7 Å². The Labute approximate surface area is 195 Å². The molecular weight excluding hydrogens is 447 g/mol. The molecule has 33 heavy (non-hydrogen) atoms. The van der Waals surface area contributed by atoms with Crippen LogP contribution in [0.25, 0.3) is 10.4 Å². The summed E-state index contributed by atoms with van der Waals surface area (Å²) in [5.41, 5.74) is 3.40. The molecule has 3 aromatic rings. The van der Waals surface area contributed by atoms with Crippen molar-refractivity contribution in [2.24, 2.45) is 0 Å². The molecule has 6 nitrogen and oxygen atoms in total. The molecule has 2 aromatic carbocycles. The van der Waals surface area contributed by atoms with Crippen LogP contribution in [0.2, 0.25) is 0 Å². The molecule has 4 rings (SSSR count). The van der Waals surface area contributed by atoms with Crippen molar-refractivity contribution >= 4 is 11.3 Å². The Balaban J connectivity index is 1.65. The van der Waals surface area contributed by atoms with Gasteiger partial charge in [-0.15, -0.1) is 11.3 Å². The number of thiophene rings is 1. The van der Waals surface area contributed by atoms with E-state index in [1.807, 2.05) is 31.2 Å². The summed E-state index contributed by atoms with van der Waals surface area (Å²) in [6.45, 7) is 1.43. The van der Waals surface area contributed by atoms with Crippen molar-refractivity contribution in [3.05, 3.63) is 82.0 Å². The van der Waals surface area contributed by atoms with Gasteiger partial charge in [0, 0.05) is 28.8 Å². The minimum absolute atomic E-state index is 0.275. The summed E-state index contributed by atoms with van der Waals surface area (Å²) in [7, 11) is 1.34. The minimum Gasteiger partial charge on any atom is -0.394 e. The van der Waals surface area contributed by atoms with E-state index >= 15 is 0 Å². The first-order valence-corrected chi connectivity index (χ1v) is 11.4. The van der Waals surface area contributed by atoms with Crippen LogP contribution >= 0.6 is 11.3 Å². The van der Waals surface area contributed by atoms with E-state index in [-0.39, 0.29) is 5.82 Å². The van der Waals surface area contributed by atoms with Gasteiger partial charge in [-0.1, -0.05) is 24.3 Å². The first-order valence-electron chi connectivity index (χ1n) is 10.6. The summed E-state index contributed by atoms with van der Waals surface area (Å²) in [5.74, 6) is -2.02. The first kappa shape index (κ1) is 24.0. The van der Waals surface area contributed by atoms with Crippen molar-refractivity contribution in [3.63, 3.8) is 0 Å². The van der Waals surface area contributed by atoms with Crippen LogP contribution in [0.4, 0.5) is 4.39 Å². The van der Waals surface area contributed by atoms with Crippen LogP contribution < -0.4 is 0 Å². The largest absolute Gasteiger partial charge is 0.394 e. The van der Waals surface area contributed by atoms with Gasteiger partial charge in [-0.25, -0.2) is 4.39 Å². The monoisotopic (exact) mass is 474 g/mol. The van der Waals surface area contributed by atoms with Gasteiger partial charge in [-0.2, -0.15) is 0 Å². The van der Waals surface area contributed by atoms with Crippen molar-refractivity contribution in [2.75, 3.05) is 13.7 Å². The van der Waals surface area contributed by atoms with Crippen molar-refractivity contribution in [1.29, 1.82) is 0 Å². The van der Waals surface area contributed by atoms with Crippen LogP contribution in [0.3, 0.4) is 0 Å². The Morgan fingerprint density at radius 2 is 1.76 bits per heavy atom. The molecule has 0 amide bonds. The Morgan fingerprint density at radius 1 is 1.03 bits per heavy atom. The SMILES string of the molecule is COC1(c2ccc(C)c(Cc3ccc(-c4ccc(F)cc4)s3)c2)O[C@H](CO)[C@@H](O)C(O)C1O. The average Bonchev–Trinajstić information content (AvgIpc) is 3.29. The second-order valence-corrected chi connectivity index (χ2v) is 9.40. The predicted molar refractivity (Wildman–Crippen MR) is 122 cm³/mol. The number of aliphatic hydroxyl groups excluding tert-OH is 4. The maximum atomic E-state index is 13.2. The van der Waals surface area contributed by atoms with E-state index in [2.05, 4.69) is 0 Å². The highest BCUT2D eigenvalue weighted by Gasteiger charge is 2.55. The quantitative estimate of drug-likeness (QED) is 0.439. The van der Waals surface area contributed by atoms with E-state index in [1.54, 1.807) is 29.5 Å². The molecule has 2 heterocycles. The van der Waals surface area contributed by atoms with E-state index in [4.69, 9.17) is 9.47 Å². The Bertz CT molecular complexity index is 1100. The van der Waals surface area contributed by atoms with E-state index in [0.717, 1.165) is 26.4 Å². The van der Waals surface area contributed by atoms with Gasteiger partial charge in [-0.3, -0.25) is 0 Å². The fourth-order valence-electron chi connectivity index (χ4n) is 4.18. The van der Waals surface area contributed by atoms with E-state index in [1.165, 1.54) is 19.2 Å².